The molecule has 0 aliphatic rings. The normalized spacial score (nSPS) is 12.7. The van der Waals surface area contributed by atoms with E-state index in [9.17, 15) is 23.1 Å². The molecular formula is C51H65F3IrNO2S-. The fraction of sp³-hybridized carbons (Fsp3) is 0.490. The molecule has 3 aromatic carbocycles. The Morgan fingerprint density at radius 2 is 1.42 bits per heavy atom. The third-order valence-corrected chi connectivity index (χ3v) is 12.3. The average Bonchev–Trinajstić information content (AvgIpc) is 3.50. The Balaban J connectivity index is 0.000000496. The van der Waals surface area contributed by atoms with Crippen LogP contribution in [0.25, 0.3) is 42.6 Å². The van der Waals surface area contributed by atoms with E-state index in [0.717, 1.165) is 87.3 Å². The largest absolute Gasteiger partial charge is 0.512 e. The van der Waals surface area contributed by atoms with Gasteiger partial charge < -0.3 is 5.11 Å². The predicted molar refractivity (Wildman–Crippen MR) is 241 cm³/mol. The minimum atomic E-state index is -4.53. The van der Waals surface area contributed by atoms with Gasteiger partial charge in [-0.1, -0.05) is 124 Å². The van der Waals surface area contributed by atoms with Crippen molar-refractivity contribution in [2.24, 2.45) is 17.3 Å². The second-order valence-corrected chi connectivity index (χ2v) is 19.5. The molecule has 0 unspecified atom stereocenters. The molecule has 0 saturated heterocycles. The zero-order valence-electron chi connectivity index (χ0n) is 37.6. The number of aliphatic hydroxyl groups is 1. The van der Waals surface area contributed by atoms with Gasteiger partial charge in [-0.2, -0.15) is 13.2 Å². The first-order valence-corrected chi connectivity index (χ1v) is 21.8. The Labute approximate surface area is 369 Å². The van der Waals surface area contributed by atoms with Crippen molar-refractivity contribution in [3.63, 3.8) is 0 Å². The Morgan fingerprint density at radius 1 is 0.864 bits per heavy atom. The van der Waals surface area contributed by atoms with Crippen molar-refractivity contribution in [3.8, 4) is 21.7 Å². The fourth-order valence-corrected chi connectivity index (χ4v) is 9.81. The van der Waals surface area contributed by atoms with E-state index in [0.29, 0.717) is 10.4 Å². The van der Waals surface area contributed by atoms with Gasteiger partial charge in [-0.15, -0.1) is 40.5 Å². The van der Waals surface area contributed by atoms with Gasteiger partial charge in [0, 0.05) is 64.9 Å². The summed E-state index contributed by atoms with van der Waals surface area (Å²) in [5, 5.41) is 12.1. The number of alkyl halides is 3. The zero-order chi connectivity index (χ0) is 43.5. The number of pyridine rings is 1. The van der Waals surface area contributed by atoms with Gasteiger partial charge in [0.15, 0.2) is 5.78 Å². The summed E-state index contributed by atoms with van der Waals surface area (Å²) >= 11 is 1.44. The third-order valence-electron chi connectivity index (χ3n) is 11.1. The molecular weight excluding hydrogens is 940 g/mol. The van der Waals surface area contributed by atoms with Crippen LogP contribution in [0.5, 0.6) is 0 Å². The molecule has 323 valence electrons. The van der Waals surface area contributed by atoms with E-state index in [2.05, 4.69) is 90.7 Å². The molecule has 2 heterocycles. The summed E-state index contributed by atoms with van der Waals surface area (Å²) in [6.45, 7) is 29.3. The molecule has 0 saturated carbocycles. The fourth-order valence-electron chi connectivity index (χ4n) is 8.16. The van der Waals surface area contributed by atoms with E-state index in [4.69, 9.17) is 0 Å². The summed E-state index contributed by atoms with van der Waals surface area (Å²) in [6.07, 6.45) is 2.34. The number of carbonyl (C=O) groups excluding carboxylic acids is 1. The van der Waals surface area contributed by atoms with Crippen LogP contribution in [-0.2, 0) is 42.9 Å². The zero-order valence-corrected chi connectivity index (χ0v) is 40.9. The van der Waals surface area contributed by atoms with E-state index in [1.165, 1.54) is 23.0 Å². The van der Waals surface area contributed by atoms with E-state index in [-0.39, 0.29) is 65.6 Å². The number of carbonyl (C=O) groups is 1. The van der Waals surface area contributed by atoms with Crippen molar-refractivity contribution in [3.05, 3.63) is 99.9 Å². The van der Waals surface area contributed by atoms with Crippen LogP contribution in [-0.4, -0.2) is 15.9 Å². The standard InChI is InChI=1S/C38H41F3NS.C13H24O2.Ir/c1-21(2)30-32-29(38(39,40)41)20-42-33(26-17-25-13-11-12-14-27(25)28(18-26)37(8,9)10)35(32)43-34(30)31-22(3)15-24(16-23(31)4)19-36(5,6)7;1-5-10(6-2)12(14)9-13(15)11(7-3)8-4;/h11-16,18,20-21H,19H2,1-10H3;9-11,14H,5-8H2,1-4H3;/q-1;;/b;12-9-;. The van der Waals surface area contributed by atoms with Gasteiger partial charge in [0.25, 0.3) is 0 Å². The molecule has 5 aromatic rings. The van der Waals surface area contributed by atoms with Crippen molar-refractivity contribution in [2.45, 2.75) is 147 Å². The molecule has 1 radical (unpaired) electrons. The SMILES string of the molecule is CCC(CC)C(=O)/C=C(\O)C(CC)CC.Cc1cc(CC(C)(C)C)cc(C)c1-c1sc2c(-c3[c-]c4ccccc4c(C(C)(C)C)c3)ncc(C(F)(F)F)c2c1C(C)C.[Ir]. The minimum Gasteiger partial charge on any atom is -0.512 e. The van der Waals surface area contributed by atoms with Gasteiger partial charge in [-0.05, 0) is 90.5 Å². The number of thiophene rings is 1. The summed E-state index contributed by atoms with van der Waals surface area (Å²) in [4.78, 5) is 17.2. The van der Waals surface area contributed by atoms with Crippen LogP contribution in [0.4, 0.5) is 13.2 Å². The number of benzene rings is 3. The number of aromatic nitrogens is 1. The van der Waals surface area contributed by atoms with E-state index in [1.54, 1.807) is 0 Å². The van der Waals surface area contributed by atoms with Crippen molar-refractivity contribution >= 4 is 38.0 Å². The number of fused-ring (bicyclic) bond motifs is 2. The minimum absolute atomic E-state index is 0. The van der Waals surface area contributed by atoms with Gasteiger partial charge in [0.05, 0.1) is 11.3 Å². The molecule has 0 atom stereocenters. The number of rotatable bonds is 11. The van der Waals surface area contributed by atoms with E-state index >= 15 is 0 Å². The molecule has 0 bridgehead atoms. The smallest absolute Gasteiger partial charge is 0.418 e. The topological polar surface area (TPSA) is 50.2 Å². The number of nitrogens with zero attached hydrogens (tertiary/aromatic N) is 1. The predicted octanol–water partition coefficient (Wildman–Crippen LogP) is 16.1. The summed E-state index contributed by atoms with van der Waals surface area (Å²) in [7, 11) is 0. The van der Waals surface area contributed by atoms with Crippen LogP contribution in [0.2, 0.25) is 0 Å². The number of hydrogen-bond donors (Lipinski definition) is 1. The quantitative estimate of drug-likeness (QED) is 0.0815. The molecule has 0 amide bonds. The molecule has 8 heteroatoms. The first kappa shape index (κ1) is 50.0. The summed E-state index contributed by atoms with van der Waals surface area (Å²) < 4.78 is 44.6. The number of hydrogen-bond acceptors (Lipinski definition) is 4. The van der Waals surface area contributed by atoms with Crippen LogP contribution in [0.15, 0.2) is 60.5 Å². The second-order valence-electron chi connectivity index (χ2n) is 18.5. The first-order chi connectivity index (χ1) is 27.0. The molecule has 3 nitrogen and oxygen atoms in total. The monoisotopic (exact) mass is 1010 g/mol. The molecule has 0 aliphatic carbocycles. The van der Waals surface area contributed by atoms with Crippen LogP contribution < -0.4 is 0 Å². The second kappa shape index (κ2) is 20.0. The van der Waals surface area contributed by atoms with Crippen LogP contribution in [0.3, 0.4) is 0 Å². The third kappa shape index (κ3) is 11.7. The van der Waals surface area contributed by atoms with Gasteiger partial charge in [-0.25, -0.2) is 0 Å². The number of allylic oxidation sites excluding steroid dienone is 2. The Kier molecular flexibility index (Phi) is 17.0. The first-order valence-electron chi connectivity index (χ1n) is 21.0. The maximum atomic E-state index is 14.7. The van der Waals surface area contributed by atoms with Crippen LogP contribution in [0.1, 0.15) is 148 Å². The van der Waals surface area contributed by atoms with Crippen molar-refractivity contribution < 1.29 is 43.2 Å². The Morgan fingerprint density at radius 3 is 1.92 bits per heavy atom. The Hall–Kier alpha value is -3.32. The maximum absolute atomic E-state index is 14.7. The van der Waals surface area contributed by atoms with Crippen LogP contribution >= 0.6 is 11.3 Å². The summed E-state index contributed by atoms with van der Waals surface area (Å²) in [6, 6.07) is 18.1. The number of aryl methyl sites for hydroxylation is 2. The van der Waals surface area contributed by atoms with E-state index < -0.39 is 11.7 Å². The van der Waals surface area contributed by atoms with Crippen LogP contribution in [0, 0.1) is 37.2 Å². The molecule has 59 heavy (non-hydrogen) atoms. The molecule has 0 fully saturated rings. The van der Waals surface area contributed by atoms with Gasteiger partial charge >= 0.3 is 6.18 Å². The van der Waals surface area contributed by atoms with Crippen molar-refractivity contribution in [1.29, 1.82) is 0 Å². The molecule has 5 rings (SSSR count). The van der Waals surface area contributed by atoms with Crippen molar-refractivity contribution in [1.82, 2.24) is 4.98 Å². The van der Waals surface area contributed by atoms with Gasteiger partial charge in [0.2, 0.25) is 0 Å². The molecule has 2 aromatic heterocycles. The molecule has 1 N–H and O–H groups in total. The van der Waals surface area contributed by atoms with Gasteiger partial charge in [0.1, 0.15) is 0 Å². The molecule has 0 spiro atoms. The maximum Gasteiger partial charge on any atom is 0.418 e. The number of aliphatic hydroxyl groups excluding tert-OH is 1. The van der Waals surface area contributed by atoms with E-state index in [1.807, 2.05) is 59.7 Å². The van der Waals surface area contributed by atoms with Crippen molar-refractivity contribution in [2.75, 3.05) is 0 Å². The van der Waals surface area contributed by atoms with Gasteiger partial charge in [-0.3, -0.25) is 9.78 Å². The summed E-state index contributed by atoms with van der Waals surface area (Å²) in [5.74, 6) is 0.421. The number of halogens is 3. The number of ketones is 1. The Bertz CT molecular complexity index is 2240. The average molecular weight is 1010 g/mol. The summed E-state index contributed by atoms with van der Waals surface area (Å²) in [5.41, 5.74) is 6.86. The molecule has 0 aliphatic heterocycles.